The van der Waals surface area contributed by atoms with Crippen LogP contribution >= 0.6 is 11.6 Å². The lowest BCUT2D eigenvalue weighted by Gasteiger charge is -2.20. The van der Waals surface area contributed by atoms with Crippen LogP contribution in [0, 0.1) is 6.92 Å². The van der Waals surface area contributed by atoms with E-state index >= 15 is 0 Å². The summed E-state index contributed by atoms with van der Waals surface area (Å²) in [6.45, 7) is 2.04. The number of aromatic amines is 1. The summed E-state index contributed by atoms with van der Waals surface area (Å²) < 4.78 is 6.17. The van der Waals surface area contributed by atoms with Crippen LogP contribution in [0.1, 0.15) is 40.2 Å². The number of nitrogens with zero attached hydrogens (tertiary/aromatic N) is 3. The number of aromatic nitrogens is 3. The molecule has 5 rings (SSSR count). The highest BCUT2D eigenvalue weighted by molar-refractivity contribution is 6.30. The normalized spacial score (nSPS) is 13.3. The van der Waals surface area contributed by atoms with Crippen LogP contribution in [0.2, 0.25) is 5.02 Å². The monoisotopic (exact) mass is 476 g/mol. The van der Waals surface area contributed by atoms with Crippen molar-refractivity contribution in [2.75, 3.05) is 7.05 Å². The van der Waals surface area contributed by atoms with Gasteiger partial charge in [0, 0.05) is 46.4 Å². The number of fused-ring (bicyclic) bond motifs is 1. The van der Waals surface area contributed by atoms with E-state index < -0.39 is 0 Å². The van der Waals surface area contributed by atoms with Gasteiger partial charge in [-0.25, -0.2) is 0 Å². The second-order valence-corrected chi connectivity index (χ2v) is 9.08. The van der Waals surface area contributed by atoms with E-state index in [4.69, 9.17) is 16.3 Å². The van der Waals surface area contributed by atoms with Crippen LogP contribution in [0.15, 0.2) is 48.7 Å². The molecule has 8 heteroatoms. The zero-order chi connectivity index (χ0) is 23.8. The molecule has 174 valence electrons. The fourth-order valence-corrected chi connectivity index (χ4v) is 4.29. The summed E-state index contributed by atoms with van der Waals surface area (Å²) in [6, 6.07) is 13.2. The molecule has 1 saturated carbocycles. The number of aryl methyl sites for hydroxylation is 1. The third-order valence-electron chi connectivity index (χ3n) is 6.07. The number of hydrogen-bond donors (Lipinski definition) is 2. The zero-order valence-electron chi connectivity index (χ0n) is 19.0. The predicted molar refractivity (Wildman–Crippen MR) is 131 cm³/mol. The highest BCUT2D eigenvalue weighted by Crippen LogP contribution is 2.37. The second-order valence-electron chi connectivity index (χ2n) is 8.64. The Morgan fingerprint density at radius 3 is 2.82 bits per heavy atom. The van der Waals surface area contributed by atoms with Crippen molar-refractivity contribution in [3.63, 3.8) is 0 Å². The average Bonchev–Trinajstić information content (AvgIpc) is 3.51. The summed E-state index contributed by atoms with van der Waals surface area (Å²) in [5.74, 6) is 0.557. The van der Waals surface area contributed by atoms with E-state index in [9.17, 15) is 9.90 Å². The van der Waals surface area contributed by atoms with Gasteiger partial charge in [0.2, 0.25) is 0 Å². The first-order valence-electron chi connectivity index (χ1n) is 11.2. The summed E-state index contributed by atoms with van der Waals surface area (Å²) in [4.78, 5) is 19.5. The van der Waals surface area contributed by atoms with E-state index in [1.54, 1.807) is 18.1 Å². The molecule has 2 aromatic heterocycles. The van der Waals surface area contributed by atoms with Crippen LogP contribution in [0.5, 0.6) is 5.75 Å². The van der Waals surface area contributed by atoms with Gasteiger partial charge in [0.15, 0.2) is 0 Å². The first-order chi connectivity index (χ1) is 16.4. The maximum Gasteiger partial charge on any atom is 0.254 e. The van der Waals surface area contributed by atoms with Crippen molar-refractivity contribution < 1.29 is 14.6 Å². The molecule has 2 heterocycles. The van der Waals surface area contributed by atoms with Crippen molar-refractivity contribution in [1.29, 1.82) is 0 Å². The van der Waals surface area contributed by atoms with E-state index in [1.165, 1.54) is 0 Å². The van der Waals surface area contributed by atoms with E-state index in [0.717, 1.165) is 46.1 Å². The lowest BCUT2D eigenvalue weighted by molar-refractivity contribution is 0.0784. The van der Waals surface area contributed by atoms with Gasteiger partial charge in [-0.15, -0.1) is 0 Å². The molecule has 1 aliphatic rings. The molecule has 7 nitrogen and oxygen atoms in total. The number of halogens is 1. The van der Waals surface area contributed by atoms with E-state index in [-0.39, 0.29) is 18.6 Å². The summed E-state index contributed by atoms with van der Waals surface area (Å²) in [7, 11) is 1.76. The van der Waals surface area contributed by atoms with E-state index in [1.807, 2.05) is 49.4 Å². The number of hydrogen-bond acceptors (Lipinski definition) is 5. The molecular weight excluding hydrogens is 452 g/mol. The molecule has 2 aromatic carbocycles. The Hall–Kier alpha value is -3.42. The molecule has 0 spiro atoms. The number of pyridine rings is 1. The van der Waals surface area contributed by atoms with Crippen molar-refractivity contribution >= 4 is 28.4 Å². The Balaban J connectivity index is 1.45. The lowest BCUT2D eigenvalue weighted by atomic mass is 10.0. The molecule has 0 saturated heterocycles. The Morgan fingerprint density at radius 1 is 1.26 bits per heavy atom. The summed E-state index contributed by atoms with van der Waals surface area (Å²) in [6.07, 6.45) is 3.87. The number of carbonyl (C=O) groups is 1. The van der Waals surface area contributed by atoms with Crippen molar-refractivity contribution in [1.82, 2.24) is 20.1 Å². The van der Waals surface area contributed by atoms with Crippen LogP contribution in [-0.2, 0) is 13.2 Å². The first-order valence-corrected chi connectivity index (χ1v) is 11.6. The smallest absolute Gasteiger partial charge is 0.254 e. The number of aliphatic hydroxyl groups excluding tert-OH is 1. The fraction of sp³-hybridized carbons (Fsp3) is 0.269. The molecule has 0 atom stereocenters. The lowest BCUT2D eigenvalue weighted by Crippen LogP contribution is -2.27. The van der Waals surface area contributed by atoms with E-state index in [2.05, 4.69) is 15.2 Å². The third-order valence-corrected chi connectivity index (χ3v) is 6.30. The van der Waals surface area contributed by atoms with Crippen LogP contribution in [0.3, 0.4) is 0 Å². The number of H-pyrrole nitrogens is 1. The number of rotatable bonds is 7. The van der Waals surface area contributed by atoms with Crippen LogP contribution < -0.4 is 4.74 Å². The molecule has 1 amide bonds. The highest BCUT2D eigenvalue weighted by Gasteiger charge is 2.26. The van der Waals surface area contributed by atoms with Crippen LogP contribution in [0.4, 0.5) is 0 Å². The second kappa shape index (κ2) is 9.08. The quantitative estimate of drug-likeness (QED) is 0.396. The molecule has 34 heavy (non-hydrogen) atoms. The Morgan fingerprint density at radius 2 is 2.09 bits per heavy atom. The molecule has 1 aliphatic carbocycles. The van der Waals surface area contributed by atoms with Gasteiger partial charge >= 0.3 is 0 Å². The average molecular weight is 477 g/mol. The molecule has 4 aromatic rings. The standard InChI is InChI=1S/C26H25ClN4O3/c1-15-22(25-21(12-28-30-25)23(14-32)29-15)13-31(2)26(33)17-6-9-20(16-4-3-5-18(27)10-16)24(11-17)34-19-7-8-19/h3-6,9-12,19,32H,7-8,13-14H2,1-2H3,(H,28,30). The molecule has 0 bridgehead atoms. The van der Waals surface area contributed by atoms with Crippen LogP contribution in [0.25, 0.3) is 22.0 Å². The largest absolute Gasteiger partial charge is 0.490 e. The van der Waals surface area contributed by atoms with E-state index in [0.29, 0.717) is 28.6 Å². The maximum atomic E-state index is 13.4. The highest BCUT2D eigenvalue weighted by atomic mass is 35.5. The van der Waals surface area contributed by atoms with Crippen molar-refractivity contribution in [3.8, 4) is 16.9 Å². The molecule has 0 aliphatic heterocycles. The van der Waals surface area contributed by atoms with Gasteiger partial charge in [-0.3, -0.25) is 14.9 Å². The molecule has 0 radical (unpaired) electrons. The summed E-state index contributed by atoms with van der Waals surface area (Å²) >= 11 is 6.20. The van der Waals surface area contributed by atoms with Gasteiger partial charge in [0.05, 0.1) is 30.1 Å². The van der Waals surface area contributed by atoms with Gasteiger partial charge in [-0.2, -0.15) is 5.10 Å². The number of nitrogens with one attached hydrogen (secondary N) is 1. The Kier molecular flexibility index (Phi) is 5.98. The molecular formula is C26H25ClN4O3. The number of aliphatic hydroxyl groups is 1. The Bertz CT molecular complexity index is 1380. The van der Waals surface area contributed by atoms with Gasteiger partial charge < -0.3 is 14.7 Å². The number of ether oxygens (including phenoxy) is 1. The molecule has 1 fully saturated rings. The minimum absolute atomic E-state index is 0.128. The predicted octanol–water partition coefficient (Wildman–Crippen LogP) is 4.89. The minimum Gasteiger partial charge on any atom is -0.490 e. The van der Waals surface area contributed by atoms with Crippen LogP contribution in [-0.4, -0.2) is 44.2 Å². The summed E-state index contributed by atoms with van der Waals surface area (Å²) in [5.41, 5.74) is 5.36. The zero-order valence-corrected chi connectivity index (χ0v) is 19.8. The van der Waals surface area contributed by atoms with Crippen molar-refractivity contribution in [2.24, 2.45) is 0 Å². The fourth-order valence-electron chi connectivity index (χ4n) is 4.10. The van der Waals surface area contributed by atoms with Crippen molar-refractivity contribution in [2.45, 2.75) is 39.0 Å². The van der Waals surface area contributed by atoms with Gasteiger partial charge in [-0.1, -0.05) is 23.7 Å². The van der Waals surface area contributed by atoms with Gasteiger partial charge in [0.25, 0.3) is 5.91 Å². The Labute approximate surface area is 202 Å². The summed E-state index contributed by atoms with van der Waals surface area (Å²) in [5, 5.41) is 18.1. The SMILES string of the molecule is Cc1nc(CO)c2cn[nH]c2c1CN(C)C(=O)c1ccc(-c2cccc(Cl)c2)c(OC2CC2)c1. The first kappa shape index (κ1) is 22.4. The molecule has 2 N–H and O–H groups in total. The number of benzene rings is 2. The number of carbonyl (C=O) groups excluding carboxylic acids is 1. The topological polar surface area (TPSA) is 91.3 Å². The van der Waals surface area contributed by atoms with Gasteiger partial charge in [-0.05, 0) is 55.7 Å². The van der Waals surface area contributed by atoms with Gasteiger partial charge in [0.1, 0.15) is 5.75 Å². The maximum absolute atomic E-state index is 13.4. The minimum atomic E-state index is -0.172. The van der Waals surface area contributed by atoms with Crippen molar-refractivity contribution in [3.05, 3.63) is 76.2 Å². The number of amides is 1. The molecule has 0 unspecified atom stereocenters. The third kappa shape index (κ3) is 4.36.